The van der Waals surface area contributed by atoms with E-state index in [4.69, 9.17) is 11.6 Å². The van der Waals surface area contributed by atoms with E-state index < -0.39 is 6.10 Å². The lowest BCUT2D eigenvalue weighted by atomic mass is 9.99. The predicted octanol–water partition coefficient (Wildman–Crippen LogP) is 5.83. The number of benzene rings is 4. The molecule has 4 heteroatoms. The number of carbonyl (C=O) groups excluding carboxylic acids is 1. The third-order valence-corrected chi connectivity index (χ3v) is 4.94. The zero-order valence-corrected chi connectivity index (χ0v) is 15.7. The first-order valence-electron chi connectivity index (χ1n) is 8.95. The summed E-state index contributed by atoms with van der Waals surface area (Å²) in [6, 6.07) is 27.7. The van der Waals surface area contributed by atoms with Crippen molar-refractivity contribution in [2.45, 2.75) is 6.10 Å². The summed E-state index contributed by atoms with van der Waals surface area (Å²) in [5.41, 5.74) is 2.38. The van der Waals surface area contributed by atoms with Gasteiger partial charge in [-0.15, -0.1) is 0 Å². The van der Waals surface area contributed by atoms with Gasteiger partial charge in [0.05, 0.1) is 0 Å². The lowest BCUT2D eigenvalue weighted by Crippen LogP contribution is -2.15. The molecule has 1 amide bonds. The Morgan fingerprint density at radius 2 is 1.57 bits per heavy atom. The van der Waals surface area contributed by atoms with Crippen LogP contribution in [0.5, 0.6) is 0 Å². The standard InChI is InChI=1S/C24H18ClNO2/c25-18-13-14-22(21(15-18)23(27)17-8-2-1-3-9-17)26-24(28)20-12-6-10-16-7-4-5-11-19(16)20/h1-15,23,27H,(H,26,28). The number of hydrogen-bond donors (Lipinski definition) is 2. The fourth-order valence-electron chi connectivity index (χ4n) is 3.30. The third kappa shape index (κ3) is 3.63. The number of anilines is 1. The van der Waals surface area contributed by atoms with Crippen LogP contribution in [0.1, 0.15) is 27.6 Å². The molecule has 0 radical (unpaired) electrons. The molecule has 1 unspecified atom stereocenters. The van der Waals surface area contributed by atoms with Crippen LogP contribution in [0.2, 0.25) is 5.02 Å². The average Bonchev–Trinajstić information content (AvgIpc) is 2.74. The molecule has 0 aromatic heterocycles. The van der Waals surface area contributed by atoms with Crippen molar-refractivity contribution in [1.29, 1.82) is 0 Å². The number of fused-ring (bicyclic) bond motifs is 1. The first kappa shape index (κ1) is 18.2. The molecule has 0 fully saturated rings. The van der Waals surface area contributed by atoms with Crippen molar-refractivity contribution in [3.63, 3.8) is 0 Å². The molecular formula is C24H18ClNO2. The Kier molecular flexibility index (Phi) is 5.11. The van der Waals surface area contributed by atoms with Crippen LogP contribution in [0.4, 0.5) is 5.69 Å². The Morgan fingerprint density at radius 1 is 0.857 bits per heavy atom. The number of carbonyl (C=O) groups is 1. The van der Waals surface area contributed by atoms with Gasteiger partial charge in [0.25, 0.3) is 5.91 Å². The van der Waals surface area contributed by atoms with Gasteiger partial charge in [0.1, 0.15) is 6.10 Å². The van der Waals surface area contributed by atoms with Gasteiger partial charge in [-0.05, 0) is 40.6 Å². The van der Waals surface area contributed by atoms with Gasteiger partial charge in [-0.25, -0.2) is 0 Å². The minimum Gasteiger partial charge on any atom is -0.384 e. The second kappa shape index (κ2) is 7.85. The molecule has 0 heterocycles. The fraction of sp³-hybridized carbons (Fsp3) is 0.0417. The summed E-state index contributed by atoms with van der Waals surface area (Å²) in [5, 5.41) is 16.1. The van der Waals surface area contributed by atoms with E-state index in [0.717, 1.165) is 16.3 Å². The molecular weight excluding hydrogens is 370 g/mol. The zero-order valence-electron chi connectivity index (χ0n) is 15.0. The minimum atomic E-state index is -0.900. The van der Waals surface area contributed by atoms with Gasteiger partial charge in [0.2, 0.25) is 0 Å². The monoisotopic (exact) mass is 387 g/mol. The van der Waals surface area contributed by atoms with E-state index in [9.17, 15) is 9.90 Å². The quantitative estimate of drug-likeness (QED) is 0.463. The summed E-state index contributed by atoms with van der Waals surface area (Å²) >= 11 is 6.16. The third-order valence-electron chi connectivity index (χ3n) is 4.71. The Morgan fingerprint density at radius 3 is 2.39 bits per heavy atom. The Balaban J connectivity index is 1.71. The first-order valence-corrected chi connectivity index (χ1v) is 9.33. The summed E-state index contributed by atoms with van der Waals surface area (Å²) in [6.45, 7) is 0. The lowest BCUT2D eigenvalue weighted by molar-refractivity contribution is 0.102. The van der Waals surface area contributed by atoms with Crippen LogP contribution in [0.25, 0.3) is 10.8 Å². The molecule has 0 aliphatic rings. The largest absolute Gasteiger partial charge is 0.384 e. The molecule has 1 atom stereocenters. The smallest absolute Gasteiger partial charge is 0.256 e. The Labute approximate surface area is 168 Å². The van der Waals surface area contributed by atoms with E-state index in [2.05, 4.69) is 5.32 Å². The summed E-state index contributed by atoms with van der Waals surface area (Å²) in [6.07, 6.45) is -0.900. The van der Waals surface area contributed by atoms with Crippen molar-refractivity contribution in [2.24, 2.45) is 0 Å². The van der Waals surface area contributed by atoms with Crippen molar-refractivity contribution in [3.05, 3.63) is 113 Å². The lowest BCUT2D eigenvalue weighted by Gasteiger charge is -2.17. The molecule has 28 heavy (non-hydrogen) atoms. The first-order chi connectivity index (χ1) is 13.6. The highest BCUT2D eigenvalue weighted by Crippen LogP contribution is 2.31. The summed E-state index contributed by atoms with van der Waals surface area (Å²) in [4.78, 5) is 13.0. The Hall–Kier alpha value is -3.14. The van der Waals surface area contributed by atoms with Gasteiger partial charge in [-0.3, -0.25) is 4.79 Å². The summed E-state index contributed by atoms with van der Waals surface area (Å²) < 4.78 is 0. The Bertz CT molecular complexity index is 1140. The van der Waals surface area contributed by atoms with Crippen LogP contribution < -0.4 is 5.32 Å². The molecule has 0 bridgehead atoms. The number of aliphatic hydroxyl groups is 1. The van der Waals surface area contributed by atoms with Crippen molar-refractivity contribution in [3.8, 4) is 0 Å². The highest BCUT2D eigenvalue weighted by molar-refractivity contribution is 6.30. The van der Waals surface area contributed by atoms with E-state index >= 15 is 0 Å². The van der Waals surface area contributed by atoms with Gasteiger partial charge in [-0.1, -0.05) is 78.3 Å². The van der Waals surface area contributed by atoms with Gasteiger partial charge in [-0.2, -0.15) is 0 Å². The summed E-state index contributed by atoms with van der Waals surface area (Å²) in [5.74, 6) is -0.236. The fourth-order valence-corrected chi connectivity index (χ4v) is 3.48. The molecule has 0 saturated heterocycles. The molecule has 138 valence electrons. The second-order valence-electron chi connectivity index (χ2n) is 6.53. The maximum atomic E-state index is 13.0. The maximum absolute atomic E-state index is 13.0. The van der Waals surface area contributed by atoms with Crippen molar-refractivity contribution in [1.82, 2.24) is 0 Å². The molecule has 0 spiro atoms. The molecule has 0 aliphatic heterocycles. The van der Waals surface area contributed by atoms with Gasteiger partial charge in [0.15, 0.2) is 0 Å². The predicted molar refractivity (Wildman–Crippen MR) is 114 cm³/mol. The highest BCUT2D eigenvalue weighted by atomic mass is 35.5. The van der Waals surface area contributed by atoms with Crippen LogP contribution in [0.15, 0.2) is 91.0 Å². The number of amides is 1. The van der Waals surface area contributed by atoms with Crippen LogP contribution >= 0.6 is 11.6 Å². The van der Waals surface area contributed by atoms with Crippen molar-refractivity contribution < 1.29 is 9.90 Å². The zero-order chi connectivity index (χ0) is 19.5. The van der Waals surface area contributed by atoms with E-state index in [1.807, 2.05) is 66.7 Å². The van der Waals surface area contributed by atoms with E-state index in [1.165, 1.54) is 0 Å². The number of nitrogens with one attached hydrogen (secondary N) is 1. The molecule has 0 saturated carbocycles. The van der Waals surface area contributed by atoms with Gasteiger partial charge in [0, 0.05) is 21.8 Å². The van der Waals surface area contributed by atoms with Gasteiger partial charge >= 0.3 is 0 Å². The highest BCUT2D eigenvalue weighted by Gasteiger charge is 2.18. The SMILES string of the molecule is O=C(Nc1ccc(Cl)cc1C(O)c1ccccc1)c1cccc2ccccc12. The molecule has 2 N–H and O–H groups in total. The number of rotatable bonds is 4. The van der Waals surface area contributed by atoms with Crippen LogP contribution in [-0.2, 0) is 0 Å². The molecule has 4 aromatic carbocycles. The minimum absolute atomic E-state index is 0.236. The number of hydrogen-bond acceptors (Lipinski definition) is 2. The maximum Gasteiger partial charge on any atom is 0.256 e. The van der Waals surface area contributed by atoms with Crippen LogP contribution in [-0.4, -0.2) is 11.0 Å². The van der Waals surface area contributed by atoms with Crippen molar-refractivity contribution >= 4 is 34.0 Å². The van der Waals surface area contributed by atoms with Gasteiger partial charge < -0.3 is 10.4 Å². The molecule has 3 nitrogen and oxygen atoms in total. The number of aliphatic hydroxyl groups excluding tert-OH is 1. The van der Waals surface area contributed by atoms with E-state index in [-0.39, 0.29) is 5.91 Å². The topological polar surface area (TPSA) is 49.3 Å². The van der Waals surface area contributed by atoms with Crippen LogP contribution in [0, 0.1) is 0 Å². The molecule has 0 aliphatic carbocycles. The molecule has 4 rings (SSSR count). The molecule has 4 aromatic rings. The van der Waals surface area contributed by atoms with Crippen molar-refractivity contribution in [2.75, 3.05) is 5.32 Å². The second-order valence-corrected chi connectivity index (χ2v) is 6.96. The average molecular weight is 388 g/mol. The summed E-state index contributed by atoms with van der Waals surface area (Å²) in [7, 11) is 0. The van der Waals surface area contributed by atoms with E-state index in [0.29, 0.717) is 21.8 Å². The number of halogens is 1. The van der Waals surface area contributed by atoms with E-state index in [1.54, 1.807) is 24.3 Å². The van der Waals surface area contributed by atoms with Crippen LogP contribution in [0.3, 0.4) is 0 Å². The normalized spacial score (nSPS) is 11.9.